The van der Waals surface area contributed by atoms with Gasteiger partial charge in [0, 0.05) is 17.9 Å². The second-order valence-electron chi connectivity index (χ2n) is 10.1. The van der Waals surface area contributed by atoms with Crippen LogP contribution >= 0.6 is 0 Å². The van der Waals surface area contributed by atoms with Crippen LogP contribution in [0.1, 0.15) is 70.4 Å². The second kappa shape index (κ2) is 11.6. The molecule has 3 rings (SSSR count). The van der Waals surface area contributed by atoms with Crippen LogP contribution in [0.5, 0.6) is 0 Å². The maximum absolute atomic E-state index is 13.7. The molecule has 1 heterocycles. The molecule has 1 fully saturated rings. The molecule has 1 atom stereocenters. The highest BCUT2D eigenvalue weighted by atomic mass is 16.5. The van der Waals surface area contributed by atoms with E-state index in [0.717, 1.165) is 30.4 Å². The minimum absolute atomic E-state index is 0.207. The first-order chi connectivity index (χ1) is 16.7. The Hall–Kier alpha value is -3.06. The molecule has 1 saturated heterocycles. The van der Waals surface area contributed by atoms with Gasteiger partial charge in [0.1, 0.15) is 0 Å². The summed E-state index contributed by atoms with van der Waals surface area (Å²) >= 11 is 0. The van der Waals surface area contributed by atoms with Gasteiger partial charge in [-0.1, -0.05) is 63.3 Å². The fourth-order valence-corrected chi connectivity index (χ4v) is 4.82. The van der Waals surface area contributed by atoms with E-state index >= 15 is 0 Å². The summed E-state index contributed by atoms with van der Waals surface area (Å²) in [6, 6.07) is 14.1. The molecule has 0 aromatic heterocycles. The van der Waals surface area contributed by atoms with Crippen molar-refractivity contribution in [2.24, 2.45) is 0 Å². The number of unbranched alkanes of at least 4 members (excludes halogenated alkanes) is 5. The van der Waals surface area contributed by atoms with E-state index in [4.69, 9.17) is 0 Å². The number of rotatable bonds is 10. The molecule has 7 heteroatoms. The maximum atomic E-state index is 13.7. The third-order valence-electron chi connectivity index (χ3n) is 6.73. The molecule has 190 valence electrons. The predicted octanol–water partition coefficient (Wildman–Crippen LogP) is 6.93. The third-order valence-corrected chi connectivity index (χ3v) is 6.73. The van der Waals surface area contributed by atoms with Crippen molar-refractivity contribution in [2.75, 3.05) is 16.8 Å². The van der Waals surface area contributed by atoms with Crippen molar-refractivity contribution in [1.29, 1.82) is 0 Å². The average Bonchev–Trinajstić information content (AvgIpc) is 3.00. The number of nitrogens with one attached hydrogen (secondary N) is 1. The van der Waals surface area contributed by atoms with Crippen molar-refractivity contribution in [3.8, 4) is 0 Å². The summed E-state index contributed by atoms with van der Waals surface area (Å²) in [5.41, 5.74) is 2.41. The largest absolute Gasteiger partial charge is 0.347 e. The number of benzene rings is 2. The Labute approximate surface area is 209 Å². The highest BCUT2D eigenvalue weighted by molar-refractivity contribution is 5.98. The number of hydrogen-bond acceptors (Lipinski definition) is 3. The summed E-state index contributed by atoms with van der Waals surface area (Å²) in [7, 11) is 0. The molecule has 0 aliphatic carbocycles. The second-order valence-corrected chi connectivity index (χ2v) is 10.1. The van der Waals surface area contributed by atoms with E-state index in [1.807, 2.05) is 70.2 Å². The Morgan fingerprint density at radius 2 is 1.63 bits per heavy atom. The van der Waals surface area contributed by atoms with Crippen molar-refractivity contribution in [3.05, 3.63) is 59.7 Å². The smallest absolute Gasteiger partial charge is 0.315 e. The summed E-state index contributed by atoms with van der Waals surface area (Å²) in [5, 5.41) is 14.6. The Kier molecular flexibility index (Phi) is 8.78. The summed E-state index contributed by atoms with van der Waals surface area (Å²) < 4.78 is 0. The molecule has 1 unspecified atom stereocenters. The zero-order chi connectivity index (χ0) is 25.6. The number of carbonyl (C=O) groups excluding carboxylic acids is 2. The highest BCUT2D eigenvalue weighted by Gasteiger charge is 2.55. The Morgan fingerprint density at radius 3 is 2.29 bits per heavy atom. The molecular weight excluding hydrogens is 440 g/mol. The number of carbonyl (C=O) groups is 2. The molecule has 4 amide bonds. The molecule has 0 bridgehead atoms. The van der Waals surface area contributed by atoms with Crippen molar-refractivity contribution in [3.63, 3.8) is 0 Å². The van der Waals surface area contributed by atoms with Gasteiger partial charge in [0.2, 0.25) is 0 Å². The number of amides is 4. The fraction of sp³-hybridized carbons (Fsp3) is 0.500. The van der Waals surface area contributed by atoms with Gasteiger partial charge in [0.05, 0.1) is 5.54 Å². The lowest BCUT2D eigenvalue weighted by molar-refractivity contribution is -0.0949. The number of hydrogen-bond donors (Lipinski definition) is 2. The summed E-state index contributed by atoms with van der Waals surface area (Å²) in [4.78, 5) is 30.2. The molecule has 2 N–H and O–H groups in total. The third kappa shape index (κ3) is 6.14. The molecule has 2 aromatic rings. The Morgan fingerprint density at radius 1 is 1.00 bits per heavy atom. The SMILES string of the molecule is CCCCCCCCN1C(=O)N(c2cccc(C)c2)C(N(O)C(=O)Nc2cccc(C)c2)C1(C)C. The zero-order valence-corrected chi connectivity index (χ0v) is 21.8. The van der Waals surface area contributed by atoms with Gasteiger partial charge in [0.15, 0.2) is 6.17 Å². The Bertz CT molecular complexity index is 1020. The lowest BCUT2D eigenvalue weighted by Crippen LogP contribution is -2.58. The van der Waals surface area contributed by atoms with Crippen LogP contribution in [-0.2, 0) is 0 Å². The van der Waals surface area contributed by atoms with Crippen molar-refractivity contribution in [2.45, 2.75) is 84.8 Å². The van der Waals surface area contributed by atoms with Crippen LogP contribution in [0.3, 0.4) is 0 Å². The van der Waals surface area contributed by atoms with E-state index in [2.05, 4.69) is 12.2 Å². The normalized spacial score (nSPS) is 17.1. The summed E-state index contributed by atoms with van der Waals surface area (Å²) in [6.45, 7) is 10.5. The van der Waals surface area contributed by atoms with Crippen LogP contribution in [0, 0.1) is 13.8 Å². The van der Waals surface area contributed by atoms with E-state index in [9.17, 15) is 14.8 Å². The quantitative estimate of drug-likeness (QED) is 0.220. The lowest BCUT2D eigenvalue weighted by atomic mass is 9.99. The lowest BCUT2D eigenvalue weighted by Gasteiger charge is -2.38. The molecule has 0 saturated carbocycles. The molecule has 0 radical (unpaired) electrons. The first kappa shape index (κ1) is 26.5. The van der Waals surface area contributed by atoms with E-state index < -0.39 is 17.7 Å². The maximum Gasteiger partial charge on any atom is 0.347 e. The number of aryl methyl sites for hydroxylation is 2. The number of nitrogens with zero attached hydrogens (tertiary/aromatic N) is 3. The highest BCUT2D eigenvalue weighted by Crippen LogP contribution is 2.38. The first-order valence-corrected chi connectivity index (χ1v) is 12.7. The molecule has 1 aliphatic heterocycles. The van der Waals surface area contributed by atoms with Crippen LogP contribution in [0.2, 0.25) is 0 Å². The van der Waals surface area contributed by atoms with E-state index in [1.165, 1.54) is 19.3 Å². The minimum Gasteiger partial charge on any atom is -0.315 e. The summed E-state index contributed by atoms with van der Waals surface area (Å²) in [5.74, 6) is 0. The molecular formula is C28H40N4O3. The van der Waals surface area contributed by atoms with E-state index in [1.54, 1.807) is 15.9 Å². The summed E-state index contributed by atoms with van der Waals surface area (Å²) in [6.07, 6.45) is 5.80. The van der Waals surface area contributed by atoms with Crippen LogP contribution in [0.25, 0.3) is 0 Å². The first-order valence-electron chi connectivity index (χ1n) is 12.7. The van der Waals surface area contributed by atoms with Gasteiger partial charge in [-0.05, 0) is 69.5 Å². The molecule has 2 aromatic carbocycles. The molecule has 0 spiro atoms. The standard InChI is InChI=1S/C28H40N4O3/c1-6-7-8-9-10-11-18-30-27(34)31(24-17-13-15-22(3)20-24)25(28(30,4)5)32(35)26(33)29-23-16-12-14-21(2)19-23/h12-17,19-20,25,35H,6-11,18H2,1-5H3,(H,29,33). The monoisotopic (exact) mass is 480 g/mol. The van der Waals surface area contributed by atoms with Gasteiger partial charge >= 0.3 is 12.1 Å². The van der Waals surface area contributed by atoms with Crippen LogP contribution in [0.15, 0.2) is 48.5 Å². The molecule has 1 aliphatic rings. The van der Waals surface area contributed by atoms with E-state index in [-0.39, 0.29) is 6.03 Å². The van der Waals surface area contributed by atoms with Crippen molar-refractivity contribution >= 4 is 23.4 Å². The van der Waals surface area contributed by atoms with Gasteiger partial charge in [-0.15, -0.1) is 0 Å². The topological polar surface area (TPSA) is 76.1 Å². The molecule has 35 heavy (non-hydrogen) atoms. The average molecular weight is 481 g/mol. The van der Waals surface area contributed by atoms with Gasteiger partial charge in [-0.2, -0.15) is 5.06 Å². The molecule has 7 nitrogen and oxygen atoms in total. The number of urea groups is 2. The van der Waals surface area contributed by atoms with Gasteiger partial charge in [-0.25, -0.2) is 9.59 Å². The van der Waals surface area contributed by atoms with Crippen molar-refractivity contribution < 1.29 is 14.8 Å². The van der Waals surface area contributed by atoms with Crippen LogP contribution in [-0.4, -0.2) is 45.5 Å². The fourth-order valence-electron chi connectivity index (χ4n) is 4.82. The van der Waals surface area contributed by atoms with E-state index in [0.29, 0.717) is 23.0 Å². The minimum atomic E-state index is -0.901. The van der Waals surface area contributed by atoms with Gasteiger partial charge in [-0.3, -0.25) is 10.1 Å². The predicted molar refractivity (Wildman–Crippen MR) is 141 cm³/mol. The Balaban J connectivity index is 1.86. The van der Waals surface area contributed by atoms with Crippen molar-refractivity contribution in [1.82, 2.24) is 9.96 Å². The van der Waals surface area contributed by atoms with Gasteiger partial charge in [0.25, 0.3) is 0 Å². The van der Waals surface area contributed by atoms with Gasteiger partial charge < -0.3 is 10.2 Å². The van der Waals surface area contributed by atoms with Crippen LogP contribution in [0.4, 0.5) is 21.0 Å². The number of anilines is 2. The number of hydroxylamine groups is 2. The van der Waals surface area contributed by atoms with Crippen LogP contribution < -0.4 is 10.2 Å². The zero-order valence-electron chi connectivity index (χ0n) is 21.8.